The molecule has 1 amide bonds. The second-order valence-electron chi connectivity index (χ2n) is 6.25. The van der Waals surface area contributed by atoms with Crippen LogP contribution in [0.3, 0.4) is 0 Å². The Hall–Kier alpha value is -1.38. The highest BCUT2D eigenvalue weighted by atomic mass is 19.1. The minimum atomic E-state index is -0.375. The molecule has 0 aromatic heterocycles. The van der Waals surface area contributed by atoms with Crippen LogP contribution >= 0.6 is 0 Å². The van der Waals surface area contributed by atoms with Crippen LogP contribution in [0.2, 0.25) is 0 Å². The van der Waals surface area contributed by atoms with Gasteiger partial charge in [0.2, 0.25) is 5.91 Å². The second kappa shape index (κ2) is 5.55. The van der Waals surface area contributed by atoms with Crippen LogP contribution in [0.4, 0.5) is 4.39 Å². The molecule has 1 aromatic rings. The van der Waals surface area contributed by atoms with E-state index in [1.807, 2.05) is 0 Å². The summed E-state index contributed by atoms with van der Waals surface area (Å²) >= 11 is 0. The molecule has 2 aliphatic carbocycles. The fourth-order valence-corrected chi connectivity index (χ4v) is 3.29. The zero-order chi connectivity index (χ0) is 14.0. The number of hydrogen-bond donors (Lipinski definition) is 1. The quantitative estimate of drug-likeness (QED) is 0.837. The van der Waals surface area contributed by atoms with Crippen LogP contribution in [-0.4, -0.2) is 11.9 Å². The van der Waals surface area contributed by atoms with Gasteiger partial charge in [-0.15, -0.1) is 0 Å². The molecule has 20 heavy (non-hydrogen) atoms. The number of carbonyl (C=O) groups excluding carboxylic acids is 1. The Balaban J connectivity index is 1.68. The lowest BCUT2D eigenvalue weighted by Crippen LogP contribution is -2.41. The van der Waals surface area contributed by atoms with E-state index < -0.39 is 0 Å². The molecule has 1 aromatic carbocycles. The van der Waals surface area contributed by atoms with Crippen molar-refractivity contribution in [2.45, 2.75) is 62.8 Å². The molecule has 0 heterocycles. The average molecular weight is 275 g/mol. The first-order valence-corrected chi connectivity index (χ1v) is 7.78. The highest BCUT2D eigenvalue weighted by molar-refractivity contribution is 5.91. The van der Waals surface area contributed by atoms with Gasteiger partial charge in [-0.3, -0.25) is 4.79 Å². The van der Waals surface area contributed by atoms with Crippen molar-refractivity contribution in [3.05, 3.63) is 35.6 Å². The number of amides is 1. The molecule has 0 radical (unpaired) electrons. The molecule has 2 nitrogen and oxygen atoms in total. The fourth-order valence-electron chi connectivity index (χ4n) is 3.29. The van der Waals surface area contributed by atoms with E-state index in [1.165, 1.54) is 37.8 Å². The van der Waals surface area contributed by atoms with Gasteiger partial charge in [0, 0.05) is 6.04 Å². The summed E-state index contributed by atoms with van der Waals surface area (Å²) in [4.78, 5) is 12.6. The molecule has 3 rings (SSSR count). The minimum absolute atomic E-state index is 0.149. The maximum absolute atomic E-state index is 13.0. The molecule has 3 heteroatoms. The summed E-state index contributed by atoms with van der Waals surface area (Å²) in [6, 6.07) is 6.76. The van der Waals surface area contributed by atoms with Crippen molar-refractivity contribution in [2.75, 3.05) is 0 Å². The molecular weight excluding hydrogens is 253 g/mol. The van der Waals surface area contributed by atoms with E-state index in [2.05, 4.69) is 5.32 Å². The van der Waals surface area contributed by atoms with E-state index in [4.69, 9.17) is 0 Å². The fraction of sp³-hybridized carbons (Fsp3) is 0.588. The first-order valence-electron chi connectivity index (χ1n) is 7.78. The SMILES string of the molecule is O=C(NC1CCCCCC1)C1(c2ccc(F)cc2)CC1. The maximum Gasteiger partial charge on any atom is 0.230 e. The summed E-state index contributed by atoms with van der Waals surface area (Å²) in [7, 11) is 0. The molecule has 0 spiro atoms. The van der Waals surface area contributed by atoms with E-state index >= 15 is 0 Å². The summed E-state index contributed by atoms with van der Waals surface area (Å²) in [5, 5.41) is 3.24. The Morgan fingerprint density at radius 3 is 2.20 bits per heavy atom. The lowest BCUT2D eigenvalue weighted by Gasteiger charge is -2.21. The summed E-state index contributed by atoms with van der Waals surface area (Å²) in [6.45, 7) is 0. The number of carbonyl (C=O) groups is 1. The van der Waals surface area contributed by atoms with Crippen LogP contribution in [0.1, 0.15) is 56.9 Å². The van der Waals surface area contributed by atoms with Crippen LogP contribution in [0.15, 0.2) is 24.3 Å². The van der Waals surface area contributed by atoms with Gasteiger partial charge in [0.1, 0.15) is 5.82 Å². The highest BCUT2D eigenvalue weighted by Gasteiger charge is 2.51. The van der Waals surface area contributed by atoms with Gasteiger partial charge in [-0.05, 0) is 43.4 Å². The molecule has 0 aliphatic heterocycles. The Kier molecular flexibility index (Phi) is 3.77. The molecule has 2 fully saturated rings. The van der Waals surface area contributed by atoms with Gasteiger partial charge in [0.15, 0.2) is 0 Å². The third kappa shape index (κ3) is 2.72. The summed E-state index contributed by atoms with van der Waals surface area (Å²) in [5.41, 5.74) is 0.588. The Bertz CT molecular complexity index is 470. The van der Waals surface area contributed by atoms with Crippen molar-refractivity contribution in [3.63, 3.8) is 0 Å². The highest BCUT2D eigenvalue weighted by Crippen LogP contribution is 2.48. The maximum atomic E-state index is 13.0. The van der Waals surface area contributed by atoms with Gasteiger partial charge in [-0.25, -0.2) is 4.39 Å². The van der Waals surface area contributed by atoms with E-state index in [-0.39, 0.29) is 17.1 Å². The largest absolute Gasteiger partial charge is 0.353 e. The van der Waals surface area contributed by atoms with Crippen LogP contribution in [0.25, 0.3) is 0 Å². The molecule has 2 saturated carbocycles. The van der Waals surface area contributed by atoms with Crippen molar-refractivity contribution < 1.29 is 9.18 Å². The van der Waals surface area contributed by atoms with Gasteiger partial charge in [-0.2, -0.15) is 0 Å². The topological polar surface area (TPSA) is 29.1 Å². The summed E-state index contributed by atoms with van der Waals surface area (Å²) in [5.74, 6) is -0.0928. The van der Waals surface area contributed by atoms with Crippen molar-refractivity contribution in [1.29, 1.82) is 0 Å². The molecule has 1 N–H and O–H groups in total. The van der Waals surface area contributed by atoms with Gasteiger partial charge in [0.05, 0.1) is 5.41 Å². The number of hydrogen-bond acceptors (Lipinski definition) is 1. The number of halogens is 1. The first kappa shape index (κ1) is 13.6. The first-order chi connectivity index (χ1) is 9.71. The minimum Gasteiger partial charge on any atom is -0.353 e. The van der Waals surface area contributed by atoms with Crippen molar-refractivity contribution in [1.82, 2.24) is 5.32 Å². The van der Waals surface area contributed by atoms with E-state index in [1.54, 1.807) is 12.1 Å². The number of rotatable bonds is 3. The number of nitrogens with one attached hydrogen (secondary N) is 1. The molecule has 0 atom stereocenters. The van der Waals surface area contributed by atoms with Crippen LogP contribution in [0.5, 0.6) is 0 Å². The molecule has 2 aliphatic rings. The zero-order valence-corrected chi connectivity index (χ0v) is 11.8. The van der Waals surface area contributed by atoms with E-state index in [0.717, 1.165) is 31.2 Å². The van der Waals surface area contributed by atoms with E-state index in [9.17, 15) is 9.18 Å². The van der Waals surface area contributed by atoms with Gasteiger partial charge in [0.25, 0.3) is 0 Å². The predicted octanol–water partition coefficient (Wildman–Crippen LogP) is 3.70. The predicted molar refractivity (Wildman–Crippen MR) is 76.9 cm³/mol. The molecule has 108 valence electrons. The monoisotopic (exact) mass is 275 g/mol. The molecule has 0 unspecified atom stereocenters. The third-order valence-corrected chi connectivity index (χ3v) is 4.77. The lowest BCUT2D eigenvalue weighted by molar-refractivity contribution is -0.124. The van der Waals surface area contributed by atoms with Crippen molar-refractivity contribution >= 4 is 5.91 Å². The molecule has 0 bridgehead atoms. The van der Waals surface area contributed by atoms with Crippen LogP contribution < -0.4 is 5.32 Å². The standard InChI is InChI=1S/C17H22FNO/c18-14-9-7-13(8-10-14)17(11-12-17)16(20)19-15-5-3-1-2-4-6-15/h7-10,15H,1-6,11-12H2,(H,19,20). The average Bonchev–Trinajstić information content (AvgIpc) is 3.24. The molecule has 0 saturated heterocycles. The van der Waals surface area contributed by atoms with Crippen LogP contribution in [0, 0.1) is 5.82 Å². The van der Waals surface area contributed by atoms with Gasteiger partial charge in [-0.1, -0.05) is 37.8 Å². The zero-order valence-electron chi connectivity index (χ0n) is 11.8. The smallest absolute Gasteiger partial charge is 0.230 e. The Morgan fingerprint density at radius 2 is 1.65 bits per heavy atom. The normalized spacial score (nSPS) is 22.1. The Labute approximate surface area is 119 Å². The van der Waals surface area contributed by atoms with Gasteiger partial charge < -0.3 is 5.32 Å². The summed E-state index contributed by atoms with van der Waals surface area (Å²) < 4.78 is 13.0. The van der Waals surface area contributed by atoms with Gasteiger partial charge >= 0.3 is 0 Å². The lowest BCUT2D eigenvalue weighted by atomic mass is 9.94. The van der Waals surface area contributed by atoms with Crippen LogP contribution in [-0.2, 0) is 10.2 Å². The van der Waals surface area contributed by atoms with Crippen molar-refractivity contribution in [3.8, 4) is 0 Å². The Morgan fingerprint density at radius 1 is 1.05 bits per heavy atom. The molecular formula is C17H22FNO. The summed E-state index contributed by atoms with van der Waals surface area (Å²) in [6.07, 6.45) is 8.98. The third-order valence-electron chi connectivity index (χ3n) is 4.77. The second-order valence-corrected chi connectivity index (χ2v) is 6.25. The van der Waals surface area contributed by atoms with E-state index in [0.29, 0.717) is 6.04 Å². The number of benzene rings is 1. The van der Waals surface area contributed by atoms with Crippen molar-refractivity contribution in [2.24, 2.45) is 0 Å².